The van der Waals surface area contributed by atoms with Crippen LogP contribution in [0.25, 0.3) is 0 Å². The van der Waals surface area contributed by atoms with Gasteiger partial charge in [0, 0.05) is 12.4 Å². The number of nitrogens with two attached hydrogens (primary N) is 1. The van der Waals surface area contributed by atoms with E-state index in [0.717, 1.165) is 17.0 Å². The van der Waals surface area contributed by atoms with E-state index in [9.17, 15) is 8.42 Å². The predicted octanol–water partition coefficient (Wildman–Crippen LogP) is 1.31. The van der Waals surface area contributed by atoms with Crippen molar-refractivity contribution in [2.75, 3.05) is 12.8 Å². The number of rotatable bonds is 4. The summed E-state index contributed by atoms with van der Waals surface area (Å²) in [4.78, 5) is 8.00. The molecule has 0 unspecified atom stereocenters. The van der Waals surface area contributed by atoms with Crippen molar-refractivity contribution in [3.8, 4) is 0 Å². The smallest absolute Gasteiger partial charge is 0.254 e. The molecule has 2 N–H and O–H groups in total. The molecule has 2 rings (SSSR count). The number of nitrogens with zero attached hydrogens (tertiary/aromatic N) is 3. The van der Waals surface area contributed by atoms with Gasteiger partial charge in [0.2, 0.25) is 0 Å². The molecule has 0 aromatic carbocycles. The van der Waals surface area contributed by atoms with E-state index in [0.29, 0.717) is 5.69 Å². The van der Waals surface area contributed by atoms with Gasteiger partial charge >= 0.3 is 0 Å². The normalized spacial score (nSPS) is 12.2. The fourth-order valence-corrected chi connectivity index (χ4v) is 4.59. The molecule has 0 bridgehead atoms. The third-order valence-corrected chi connectivity index (χ3v) is 6.30. The van der Waals surface area contributed by atoms with Crippen molar-refractivity contribution in [3.63, 3.8) is 0 Å². The van der Waals surface area contributed by atoms with E-state index in [-0.39, 0.29) is 15.9 Å². The van der Waals surface area contributed by atoms with Gasteiger partial charge in [-0.05, 0) is 6.92 Å². The molecule has 9 heteroatoms. The Morgan fingerprint density at radius 1 is 1.50 bits per heavy atom. The molecule has 0 amide bonds. The monoisotopic (exact) mass is 304 g/mol. The number of nitrogen functional groups attached to an aromatic ring is 1. The fourth-order valence-electron chi connectivity index (χ4n) is 1.41. The lowest BCUT2D eigenvalue weighted by atomic mass is 10.5. The van der Waals surface area contributed by atoms with E-state index >= 15 is 0 Å². The van der Waals surface area contributed by atoms with E-state index in [1.165, 1.54) is 22.7 Å². The third kappa shape index (κ3) is 2.53. The molecule has 0 aliphatic heterocycles. The van der Waals surface area contributed by atoms with Crippen LogP contribution in [0.3, 0.4) is 0 Å². The van der Waals surface area contributed by atoms with Crippen LogP contribution in [0.5, 0.6) is 0 Å². The van der Waals surface area contributed by atoms with Crippen molar-refractivity contribution in [2.45, 2.75) is 17.7 Å². The van der Waals surface area contributed by atoms with Crippen LogP contribution in [-0.2, 0) is 16.6 Å². The topological polar surface area (TPSA) is 89.2 Å². The molecule has 0 saturated heterocycles. The first-order valence-electron chi connectivity index (χ1n) is 4.97. The van der Waals surface area contributed by atoms with Crippen LogP contribution in [0.4, 0.5) is 5.13 Å². The molecular formula is C9H12N4O2S3. The van der Waals surface area contributed by atoms with Gasteiger partial charge < -0.3 is 5.73 Å². The van der Waals surface area contributed by atoms with Gasteiger partial charge in [-0.15, -0.1) is 11.3 Å². The third-order valence-electron chi connectivity index (χ3n) is 2.28. The maximum absolute atomic E-state index is 12.3. The summed E-state index contributed by atoms with van der Waals surface area (Å²) in [5.41, 5.74) is 8.35. The highest BCUT2D eigenvalue weighted by Gasteiger charge is 2.26. The molecule has 0 radical (unpaired) electrons. The summed E-state index contributed by atoms with van der Waals surface area (Å²) in [6, 6.07) is 0. The Bertz CT molecular complexity index is 633. The molecule has 0 aliphatic rings. The quantitative estimate of drug-likeness (QED) is 0.920. The summed E-state index contributed by atoms with van der Waals surface area (Å²) < 4.78 is 26.1. The number of thiazole rings is 2. The van der Waals surface area contributed by atoms with E-state index in [2.05, 4.69) is 9.97 Å². The Hall–Kier alpha value is -1.03. The van der Waals surface area contributed by atoms with Gasteiger partial charge in [-0.2, -0.15) is 4.31 Å². The minimum atomic E-state index is -3.55. The molecule has 18 heavy (non-hydrogen) atoms. The summed E-state index contributed by atoms with van der Waals surface area (Å²) in [7, 11) is -2.03. The van der Waals surface area contributed by atoms with Crippen LogP contribution in [0, 0.1) is 6.92 Å². The van der Waals surface area contributed by atoms with Gasteiger partial charge in [-0.3, -0.25) is 0 Å². The van der Waals surface area contributed by atoms with E-state index < -0.39 is 10.0 Å². The first kappa shape index (κ1) is 13.4. The molecule has 2 aromatic heterocycles. The first-order valence-corrected chi connectivity index (χ1v) is 8.17. The number of hydrogen-bond donors (Lipinski definition) is 1. The number of aromatic nitrogens is 2. The van der Waals surface area contributed by atoms with E-state index in [1.54, 1.807) is 12.4 Å². The summed E-state index contributed by atoms with van der Waals surface area (Å²) >= 11 is 2.41. The lowest BCUT2D eigenvalue weighted by Crippen LogP contribution is -2.26. The van der Waals surface area contributed by atoms with Gasteiger partial charge in [-0.1, -0.05) is 11.3 Å². The molecule has 2 aromatic rings. The maximum Gasteiger partial charge on any atom is 0.254 e. The highest BCUT2D eigenvalue weighted by Crippen LogP contribution is 2.27. The minimum Gasteiger partial charge on any atom is -0.375 e. The van der Waals surface area contributed by atoms with Crippen LogP contribution in [0.15, 0.2) is 15.1 Å². The molecule has 0 atom stereocenters. The lowest BCUT2D eigenvalue weighted by molar-refractivity contribution is 0.464. The zero-order chi connectivity index (χ0) is 13.3. The average molecular weight is 304 g/mol. The average Bonchev–Trinajstić information content (AvgIpc) is 2.88. The highest BCUT2D eigenvalue weighted by molar-refractivity contribution is 7.91. The maximum atomic E-state index is 12.3. The van der Waals surface area contributed by atoms with Crippen LogP contribution < -0.4 is 5.73 Å². The zero-order valence-electron chi connectivity index (χ0n) is 9.82. The van der Waals surface area contributed by atoms with Crippen molar-refractivity contribution < 1.29 is 8.42 Å². The van der Waals surface area contributed by atoms with Crippen molar-refractivity contribution >= 4 is 37.8 Å². The molecule has 0 aliphatic carbocycles. The van der Waals surface area contributed by atoms with Crippen molar-refractivity contribution in [1.82, 2.24) is 14.3 Å². The second-order valence-corrected chi connectivity index (χ2v) is 7.66. The Morgan fingerprint density at radius 2 is 2.22 bits per heavy atom. The minimum absolute atomic E-state index is 0.192. The fraction of sp³-hybridized carbons (Fsp3) is 0.333. The lowest BCUT2D eigenvalue weighted by Gasteiger charge is -2.14. The molecule has 98 valence electrons. The van der Waals surface area contributed by atoms with Gasteiger partial charge in [0.15, 0.2) is 9.34 Å². The van der Waals surface area contributed by atoms with Crippen LogP contribution >= 0.6 is 22.7 Å². The summed E-state index contributed by atoms with van der Waals surface area (Å²) in [5.74, 6) is 0. The van der Waals surface area contributed by atoms with Crippen LogP contribution in [-0.4, -0.2) is 29.7 Å². The van der Waals surface area contributed by atoms with Crippen molar-refractivity contribution in [1.29, 1.82) is 0 Å². The molecular weight excluding hydrogens is 292 g/mol. The Balaban J connectivity index is 2.28. The number of hydrogen-bond acceptors (Lipinski definition) is 7. The SMILES string of the molecule is Cc1nc(N)sc1S(=O)(=O)N(C)Cc1cscn1. The summed E-state index contributed by atoms with van der Waals surface area (Å²) in [6.45, 7) is 1.87. The number of anilines is 1. The second-order valence-electron chi connectivity index (χ2n) is 3.67. The number of aryl methyl sites for hydroxylation is 1. The van der Waals surface area contributed by atoms with E-state index in [1.807, 2.05) is 5.38 Å². The summed E-state index contributed by atoms with van der Waals surface area (Å²) in [6.07, 6.45) is 0. The molecule has 0 saturated carbocycles. The summed E-state index contributed by atoms with van der Waals surface area (Å²) in [5, 5.41) is 2.08. The van der Waals surface area contributed by atoms with E-state index in [4.69, 9.17) is 5.73 Å². The molecule has 6 nitrogen and oxygen atoms in total. The molecule has 2 heterocycles. The first-order chi connectivity index (χ1) is 8.41. The highest BCUT2D eigenvalue weighted by atomic mass is 32.2. The van der Waals surface area contributed by atoms with Gasteiger partial charge in [-0.25, -0.2) is 18.4 Å². The predicted molar refractivity (Wildman–Crippen MR) is 72.0 cm³/mol. The van der Waals surface area contributed by atoms with Crippen molar-refractivity contribution in [2.24, 2.45) is 0 Å². The zero-order valence-corrected chi connectivity index (χ0v) is 12.3. The Labute approximate surface area is 113 Å². The largest absolute Gasteiger partial charge is 0.375 e. The number of sulfonamides is 1. The van der Waals surface area contributed by atoms with Gasteiger partial charge in [0.25, 0.3) is 10.0 Å². The van der Waals surface area contributed by atoms with Gasteiger partial charge in [0.1, 0.15) is 0 Å². The second kappa shape index (κ2) is 4.92. The van der Waals surface area contributed by atoms with Crippen molar-refractivity contribution in [3.05, 3.63) is 22.3 Å². The van der Waals surface area contributed by atoms with Crippen LogP contribution in [0.1, 0.15) is 11.4 Å². The van der Waals surface area contributed by atoms with Crippen LogP contribution in [0.2, 0.25) is 0 Å². The molecule has 0 fully saturated rings. The standard InChI is InChI=1S/C9H12N4O2S3/c1-6-8(17-9(10)12-6)18(14,15)13(2)3-7-4-16-5-11-7/h4-5H,3H2,1-2H3,(H2,10,12). The Morgan fingerprint density at radius 3 is 2.72 bits per heavy atom. The van der Waals surface area contributed by atoms with Gasteiger partial charge in [0.05, 0.1) is 23.4 Å². The molecule has 0 spiro atoms. The Kier molecular flexibility index (Phi) is 3.66.